The Labute approximate surface area is 197 Å². The molecule has 34 heavy (non-hydrogen) atoms. The Morgan fingerprint density at radius 3 is 2.26 bits per heavy atom. The molecule has 7 nitrogen and oxygen atoms in total. The van der Waals surface area contributed by atoms with Gasteiger partial charge in [0.05, 0.1) is 12.8 Å². The fourth-order valence-corrected chi connectivity index (χ4v) is 3.82. The Kier molecular flexibility index (Phi) is 6.45. The number of rotatable bonds is 6. The van der Waals surface area contributed by atoms with Crippen LogP contribution in [0, 0.1) is 13.8 Å². The maximum Gasteiger partial charge on any atom is 0.335 e. The van der Waals surface area contributed by atoms with Crippen molar-refractivity contribution in [3.63, 3.8) is 0 Å². The first kappa shape index (κ1) is 22.8. The standard InChI is InChI=1S/C27H24N2O5/c1-17-12-18(2)14-19(13-17)16-34-24-7-5-4-6-20(24)15-23-25(30)28-27(32)29(26(23)31)21-8-10-22(33-3)11-9-21/h4-15H,16H2,1-3H3,(H,28,30,32)/b23-15+. The molecule has 1 fully saturated rings. The van der Waals surface area contributed by atoms with Crippen molar-refractivity contribution in [2.75, 3.05) is 12.0 Å². The van der Waals surface area contributed by atoms with Crippen molar-refractivity contribution in [1.29, 1.82) is 0 Å². The summed E-state index contributed by atoms with van der Waals surface area (Å²) in [7, 11) is 1.52. The Bertz CT molecular complexity index is 1270. The van der Waals surface area contributed by atoms with Gasteiger partial charge in [0.2, 0.25) is 0 Å². The summed E-state index contributed by atoms with van der Waals surface area (Å²) in [6.45, 7) is 4.38. The van der Waals surface area contributed by atoms with E-state index in [0.29, 0.717) is 29.4 Å². The summed E-state index contributed by atoms with van der Waals surface area (Å²) in [5, 5.41) is 2.23. The van der Waals surface area contributed by atoms with Crippen molar-refractivity contribution in [3.8, 4) is 11.5 Å². The SMILES string of the molecule is COc1ccc(N2C(=O)NC(=O)/C(=C\c3ccccc3OCc3cc(C)cc(C)c3)C2=O)cc1. The number of aryl methyl sites for hydroxylation is 2. The number of para-hydroxylation sites is 1. The van der Waals surface area contributed by atoms with Gasteiger partial charge in [-0.2, -0.15) is 0 Å². The van der Waals surface area contributed by atoms with Crippen LogP contribution in [0.1, 0.15) is 22.3 Å². The lowest BCUT2D eigenvalue weighted by molar-refractivity contribution is -0.122. The highest BCUT2D eigenvalue weighted by atomic mass is 16.5. The quantitative estimate of drug-likeness (QED) is 0.434. The van der Waals surface area contributed by atoms with Crippen LogP contribution < -0.4 is 19.7 Å². The summed E-state index contributed by atoms with van der Waals surface area (Å²) in [5.41, 5.74) is 4.00. The predicted octanol–water partition coefficient (Wildman–Crippen LogP) is 4.56. The van der Waals surface area contributed by atoms with E-state index in [-0.39, 0.29) is 5.57 Å². The summed E-state index contributed by atoms with van der Waals surface area (Å²) in [6.07, 6.45) is 1.44. The van der Waals surface area contributed by atoms with Crippen molar-refractivity contribution < 1.29 is 23.9 Å². The monoisotopic (exact) mass is 456 g/mol. The summed E-state index contributed by atoms with van der Waals surface area (Å²) < 4.78 is 11.1. The van der Waals surface area contributed by atoms with Crippen LogP contribution >= 0.6 is 0 Å². The number of barbiturate groups is 1. The molecule has 0 saturated carbocycles. The minimum atomic E-state index is -0.809. The van der Waals surface area contributed by atoms with E-state index in [2.05, 4.69) is 11.4 Å². The first-order valence-corrected chi connectivity index (χ1v) is 10.7. The molecular weight excluding hydrogens is 432 g/mol. The zero-order valence-corrected chi connectivity index (χ0v) is 19.1. The summed E-state index contributed by atoms with van der Waals surface area (Å²) >= 11 is 0. The van der Waals surface area contributed by atoms with E-state index in [1.165, 1.54) is 13.2 Å². The van der Waals surface area contributed by atoms with Crippen molar-refractivity contribution in [3.05, 3.63) is 94.6 Å². The van der Waals surface area contributed by atoms with Crippen molar-refractivity contribution in [2.45, 2.75) is 20.5 Å². The molecule has 3 aromatic carbocycles. The molecular formula is C27H24N2O5. The van der Waals surface area contributed by atoms with E-state index in [4.69, 9.17) is 9.47 Å². The van der Waals surface area contributed by atoms with E-state index in [1.54, 1.807) is 42.5 Å². The molecule has 0 bridgehead atoms. The van der Waals surface area contributed by atoms with E-state index in [9.17, 15) is 14.4 Å². The number of imide groups is 2. The van der Waals surface area contributed by atoms with Gasteiger partial charge < -0.3 is 9.47 Å². The Morgan fingerprint density at radius 1 is 0.912 bits per heavy atom. The van der Waals surface area contributed by atoms with Gasteiger partial charge in [0.1, 0.15) is 23.7 Å². The number of nitrogens with one attached hydrogen (secondary N) is 1. The third-order valence-electron chi connectivity index (χ3n) is 5.33. The zero-order chi connectivity index (χ0) is 24.2. The highest BCUT2D eigenvalue weighted by Crippen LogP contribution is 2.27. The molecule has 0 atom stereocenters. The second kappa shape index (κ2) is 9.62. The first-order chi connectivity index (χ1) is 16.4. The van der Waals surface area contributed by atoms with Gasteiger partial charge in [-0.15, -0.1) is 0 Å². The number of amides is 4. The van der Waals surface area contributed by atoms with Gasteiger partial charge in [-0.3, -0.25) is 14.9 Å². The van der Waals surface area contributed by atoms with E-state index >= 15 is 0 Å². The largest absolute Gasteiger partial charge is 0.497 e. The number of urea groups is 1. The maximum absolute atomic E-state index is 13.2. The second-order valence-corrected chi connectivity index (χ2v) is 7.98. The average Bonchev–Trinajstić information content (AvgIpc) is 2.81. The third-order valence-corrected chi connectivity index (χ3v) is 5.33. The molecule has 1 aliphatic heterocycles. The van der Waals surface area contributed by atoms with Gasteiger partial charge >= 0.3 is 6.03 Å². The first-order valence-electron chi connectivity index (χ1n) is 10.7. The molecule has 1 aliphatic rings. The fraction of sp³-hybridized carbons (Fsp3) is 0.148. The number of hydrogen-bond acceptors (Lipinski definition) is 5. The van der Waals surface area contributed by atoms with Crippen LogP contribution in [0.2, 0.25) is 0 Å². The Morgan fingerprint density at radius 2 is 1.59 bits per heavy atom. The van der Waals surface area contributed by atoms with Crippen molar-refractivity contribution >= 4 is 29.6 Å². The number of methoxy groups -OCH3 is 1. The van der Waals surface area contributed by atoms with E-state index in [1.807, 2.05) is 32.0 Å². The molecule has 4 amide bonds. The molecule has 1 heterocycles. The van der Waals surface area contributed by atoms with Gasteiger partial charge in [0.25, 0.3) is 11.8 Å². The van der Waals surface area contributed by atoms with Gasteiger partial charge in [0, 0.05) is 5.56 Å². The second-order valence-electron chi connectivity index (χ2n) is 7.98. The zero-order valence-electron chi connectivity index (χ0n) is 19.1. The molecule has 0 aromatic heterocycles. The number of carbonyl (C=O) groups is 3. The van der Waals surface area contributed by atoms with Gasteiger partial charge in [-0.1, -0.05) is 47.5 Å². The predicted molar refractivity (Wildman–Crippen MR) is 129 cm³/mol. The summed E-state index contributed by atoms with van der Waals surface area (Å²) in [6, 6.07) is 18.9. The molecule has 0 unspecified atom stereocenters. The van der Waals surface area contributed by atoms with Crippen LogP contribution in [-0.2, 0) is 16.2 Å². The molecule has 172 valence electrons. The van der Waals surface area contributed by atoms with Crippen LogP contribution in [0.25, 0.3) is 6.08 Å². The lowest BCUT2D eigenvalue weighted by Gasteiger charge is -2.26. The number of nitrogens with zero attached hydrogens (tertiary/aromatic N) is 1. The van der Waals surface area contributed by atoms with Crippen molar-refractivity contribution in [2.24, 2.45) is 0 Å². The van der Waals surface area contributed by atoms with Crippen LogP contribution in [0.3, 0.4) is 0 Å². The molecule has 3 aromatic rings. The highest BCUT2D eigenvalue weighted by molar-refractivity contribution is 6.39. The normalized spacial score (nSPS) is 14.9. The molecule has 7 heteroatoms. The smallest absolute Gasteiger partial charge is 0.335 e. The molecule has 1 saturated heterocycles. The van der Waals surface area contributed by atoms with Crippen LogP contribution in [0.4, 0.5) is 10.5 Å². The van der Waals surface area contributed by atoms with E-state index in [0.717, 1.165) is 21.6 Å². The molecule has 0 spiro atoms. The minimum absolute atomic E-state index is 0.169. The average molecular weight is 456 g/mol. The maximum atomic E-state index is 13.2. The number of ether oxygens (including phenoxy) is 2. The third kappa shape index (κ3) is 4.83. The molecule has 0 radical (unpaired) electrons. The molecule has 4 rings (SSSR count). The topological polar surface area (TPSA) is 84.9 Å². The van der Waals surface area contributed by atoms with Gasteiger partial charge in [-0.05, 0) is 55.8 Å². The van der Waals surface area contributed by atoms with Gasteiger partial charge in [-0.25, -0.2) is 9.69 Å². The number of anilines is 1. The van der Waals surface area contributed by atoms with Crippen molar-refractivity contribution in [1.82, 2.24) is 5.32 Å². The minimum Gasteiger partial charge on any atom is -0.497 e. The Hall–Kier alpha value is -4.39. The fourth-order valence-electron chi connectivity index (χ4n) is 3.82. The summed E-state index contributed by atoms with van der Waals surface area (Å²) in [5.74, 6) is -0.384. The number of hydrogen-bond donors (Lipinski definition) is 1. The Balaban J connectivity index is 1.62. The molecule has 0 aliphatic carbocycles. The lowest BCUT2D eigenvalue weighted by Crippen LogP contribution is -2.54. The molecule has 1 N–H and O–H groups in total. The van der Waals surface area contributed by atoms with Crippen LogP contribution in [-0.4, -0.2) is 25.0 Å². The van der Waals surface area contributed by atoms with Crippen LogP contribution in [0.15, 0.2) is 72.3 Å². The number of carbonyl (C=O) groups excluding carboxylic acids is 3. The number of benzene rings is 3. The van der Waals surface area contributed by atoms with Crippen LogP contribution in [0.5, 0.6) is 11.5 Å². The lowest BCUT2D eigenvalue weighted by atomic mass is 10.1. The van der Waals surface area contributed by atoms with Gasteiger partial charge in [0.15, 0.2) is 0 Å². The highest BCUT2D eigenvalue weighted by Gasteiger charge is 2.37. The summed E-state index contributed by atoms with van der Waals surface area (Å²) in [4.78, 5) is 39.1. The van der Waals surface area contributed by atoms with E-state index < -0.39 is 17.8 Å².